The summed E-state index contributed by atoms with van der Waals surface area (Å²) in [6, 6.07) is 0.245. The highest BCUT2D eigenvalue weighted by Crippen LogP contribution is 2.21. The van der Waals surface area contributed by atoms with Crippen molar-refractivity contribution in [1.82, 2.24) is 10.6 Å². The van der Waals surface area contributed by atoms with Gasteiger partial charge < -0.3 is 15.7 Å². The Kier molecular flexibility index (Phi) is 5.93. The van der Waals surface area contributed by atoms with E-state index in [2.05, 4.69) is 10.6 Å². The third kappa shape index (κ3) is 5.71. The molecule has 4 heteroatoms. The molecule has 1 atom stereocenters. The molecule has 0 aromatic carbocycles. The van der Waals surface area contributed by atoms with Gasteiger partial charge in [-0.2, -0.15) is 0 Å². The smallest absolute Gasteiger partial charge is 0.315 e. The number of hydrogen-bond donors (Lipinski definition) is 3. The number of nitrogens with one attached hydrogen (secondary N) is 2. The highest BCUT2D eigenvalue weighted by molar-refractivity contribution is 5.74. The Labute approximate surface area is 111 Å². The number of amides is 2. The van der Waals surface area contributed by atoms with Crippen molar-refractivity contribution in [1.29, 1.82) is 0 Å². The molecule has 1 aliphatic carbocycles. The molecule has 1 fully saturated rings. The first-order valence-corrected chi connectivity index (χ1v) is 7.12. The lowest BCUT2D eigenvalue weighted by Crippen LogP contribution is -2.44. The molecule has 1 saturated carbocycles. The fourth-order valence-corrected chi connectivity index (χ4v) is 2.24. The van der Waals surface area contributed by atoms with Gasteiger partial charge in [0.25, 0.3) is 0 Å². The third-order valence-electron chi connectivity index (χ3n) is 3.64. The van der Waals surface area contributed by atoms with E-state index >= 15 is 0 Å². The number of aliphatic hydroxyl groups is 1. The number of carbonyl (C=O) groups is 1. The van der Waals surface area contributed by atoms with E-state index in [0.717, 1.165) is 12.8 Å². The summed E-state index contributed by atoms with van der Waals surface area (Å²) in [5, 5.41) is 15.7. The van der Waals surface area contributed by atoms with Crippen LogP contribution in [0.2, 0.25) is 0 Å². The van der Waals surface area contributed by atoms with Crippen LogP contribution in [0.3, 0.4) is 0 Å². The molecular formula is C14H28N2O2. The first-order chi connectivity index (χ1) is 8.39. The molecular weight excluding hydrogens is 228 g/mol. The third-order valence-corrected chi connectivity index (χ3v) is 3.64. The summed E-state index contributed by atoms with van der Waals surface area (Å²) in [7, 11) is 0. The Balaban J connectivity index is 2.13. The van der Waals surface area contributed by atoms with Crippen molar-refractivity contribution in [2.24, 2.45) is 5.41 Å². The highest BCUT2D eigenvalue weighted by atomic mass is 16.3. The summed E-state index contributed by atoms with van der Waals surface area (Å²) < 4.78 is 0. The number of urea groups is 1. The van der Waals surface area contributed by atoms with Crippen molar-refractivity contribution in [3.8, 4) is 0 Å². The number of rotatable bonds is 4. The van der Waals surface area contributed by atoms with Gasteiger partial charge in [0.2, 0.25) is 0 Å². The Morgan fingerprint density at radius 1 is 1.28 bits per heavy atom. The van der Waals surface area contributed by atoms with Gasteiger partial charge in [0.05, 0.1) is 6.10 Å². The highest BCUT2D eigenvalue weighted by Gasteiger charge is 2.22. The van der Waals surface area contributed by atoms with E-state index in [1.165, 1.54) is 19.3 Å². The summed E-state index contributed by atoms with van der Waals surface area (Å²) in [6.07, 6.45) is 6.13. The first kappa shape index (κ1) is 15.3. The molecule has 2 amide bonds. The van der Waals surface area contributed by atoms with Gasteiger partial charge in [-0.1, -0.05) is 40.0 Å². The van der Waals surface area contributed by atoms with Crippen molar-refractivity contribution < 1.29 is 9.90 Å². The average molecular weight is 256 g/mol. The predicted molar refractivity (Wildman–Crippen MR) is 73.5 cm³/mol. The van der Waals surface area contributed by atoms with Crippen LogP contribution in [0, 0.1) is 5.41 Å². The van der Waals surface area contributed by atoms with Crippen LogP contribution in [-0.2, 0) is 0 Å². The Bertz CT molecular complexity index is 255. The normalized spacial score (nSPS) is 19.3. The Morgan fingerprint density at radius 2 is 1.89 bits per heavy atom. The van der Waals surface area contributed by atoms with E-state index in [1.807, 2.05) is 20.8 Å². The second kappa shape index (κ2) is 6.98. The minimum atomic E-state index is -0.382. The molecule has 18 heavy (non-hydrogen) atoms. The van der Waals surface area contributed by atoms with Crippen LogP contribution in [0.1, 0.15) is 59.3 Å². The molecule has 0 spiro atoms. The monoisotopic (exact) mass is 256 g/mol. The van der Waals surface area contributed by atoms with Crippen LogP contribution in [-0.4, -0.2) is 29.8 Å². The van der Waals surface area contributed by atoms with Gasteiger partial charge in [0.15, 0.2) is 0 Å². The van der Waals surface area contributed by atoms with Crippen LogP contribution < -0.4 is 10.6 Å². The summed E-state index contributed by atoms with van der Waals surface area (Å²) >= 11 is 0. The zero-order chi connectivity index (χ0) is 13.6. The molecule has 4 nitrogen and oxygen atoms in total. The van der Waals surface area contributed by atoms with E-state index < -0.39 is 0 Å². The fraction of sp³-hybridized carbons (Fsp3) is 0.929. The summed E-state index contributed by atoms with van der Waals surface area (Å²) in [4.78, 5) is 11.6. The van der Waals surface area contributed by atoms with Crippen LogP contribution in [0.25, 0.3) is 0 Å². The van der Waals surface area contributed by atoms with Crippen LogP contribution in [0.4, 0.5) is 4.79 Å². The number of hydrogen-bond acceptors (Lipinski definition) is 2. The largest absolute Gasteiger partial charge is 0.393 e. The van der Waals surface area contributed by atoms with E-state index in [9.17, 15) is 9.90 Å². The van der Waals surface area contributed by atoms with Gasteiger partial charge in [-0.25, -0.2) is 4.79 Å². The van der Waals surface area contributed by atoms with Crippen molar-refractivity contribution in [2.45, 2.75) is 71.4 Å². The maximum atomic E-state index is 11.6. The zero-order valence-corrected chi connectivity index (χ0v) is 12.0. The van der Waals surface area contributed by atoms with Crippen molar-refractivity contribution >= 4 is 6.03 Å². The molecule has 1 aliphatic rings. The molecule has 0 aliphatic heterocycles. The lowest BCUT2D eigenvalue weighted by Gasteiger charge is -2.26. The van der Waals surface area contributed by atoms with E-state index in [-0.39, 0.29) is 17.6 Å². The zero-order valence-electron chi connectivity index (χ0n) is 12.0. The quantitative estimate of drug-likeness (QED) is 0.723. The fourth-order valence-electron chi connectivity index (χ4n) is 2.24. The second-order valence-electron chi connectivity index (χ2n) is 6.41. The molecule has 0 bridgehead atoms. The van der Waals surface area contributed by atoms with Crippen molar-refractivity contribution in [3.05, 3.63) is 0 Å². The predicted octanol–water partition coefficient (Wildman–Crippen LogP) is 2.42. The van der Waals surface area contributed by atoms with Crippen LogP contribution in [0.15, 0.2) is 0 Å². The Morgan fingerprint density at radius 3 is 2.44 bits per heavy atom. The molecule has 0 radical (unpaired) electrons. The molecule has 0 aromatic rings. The van der Waals surface area contributed by atoms with Gasteiger partial charge in [-0.05, 0) is 24.7 Å². The van der Waals surface area contributed by atoms with Crippen LogP contribution >= 0.6 is 0 Å². The number of carbonyl (C=O) groups excluding carboxylic acids is 1. The molecule has 0 heterocycles. The van der Waals surface area contributed by atoms with Crippen molar-refractivity contribution in [3.63, 3.8) is 0 Å². The van der Waals surface area contributed by atoms with Crippen molar-refractivity contribution in [2.75, 3.05) is 6.54 Å². The standard InChI is InChI=1S/C14H28N2O2/c1-14(2,3)12(17)9-10-15-13(18)16-11-7-5-4-6-8-11/h11-12,17H,4-10H2,1-3H3,(H2,15,16,18)/t12-/m0/s1. The van der Waals surface area contributed by atoms with Gasteiger partial charge in [0.1, 0.15) is 0 Å². The molecule has 0 saturated heterocycles. The van der Waals surface area contributed by atoms with E-state index in [4.69, 9.17) is 0 Å². The molecule has 3 N–H and O–H groups in total. The topological polar surface area (TPSA) is 61.4 Å². The Hall–Kier alpha value is -0.770. The number of aliphatic hydroxyl groups excluding tert-OH is 1. The van der Waals surface area contributed by atoms with E-state index in [1.54, 1.807) is 0 Å². The first-order valence-electron chi connectivity index (χ1n) is 7.12. The molecule has 1 rings (SSSR count). The second-order valence-corrected chi connectivity index (χ2v) is 6.41. The van der Waals surface area contributed by atoms with Gasteiger partial charge in [-0.3, -0.25) is 0 Å². The average Bonchev–Trinajstić information content (AvgIpc) is 2.28. The minimum Gasteiger partial charge on any atom is -0.393 e. The summed E-state index contributed by atoms with van der Waals surface area (Å²) in [5.41, 5.74) is -0.123. The summed E-state index contributed by atoms with van der Waals surface area (Å²) in [5.74, 6) is 0. The van der Waals surface area contributed by atoms with Gasteiger partial charge in [-0.15, -0.1) is 0 Å². The van der Waals surface area contributed by atoms with E-state index in [0.29, 0.717) is 19.0 Å². The minimum absolute atomic E-state index is 0.0944. The lowest BCUT2D eigenvalue weighted by molar-refractivity contribution is 0.0564. The van der Waals surface area contributed by atoms with Crippen LogP contribution in [0.5, 0.6) is 0 Å². The lowest BCUT2D eigenvalue weighted by atomic mass is 9.87. The van der Waals surface area contributed by atoms with Gasteiger partial charge >= 0.3 is 6.03 Å². The van der Waals surface area contributed by atoms with Gasteiger partial charge in [0, 0.05) is 12.6 Å². The SMILES string of the molecule is CC(C)(C)[C@@H](O)CCNC(=O)NC1CCCCC1. The molecule has 0 unspecified atom stereocenters. The maximum absolute atomic E-state index is 11.6. The molecule has 106 valence electrons. The molecule has 0 aromatic heterocycles. The summed E-state index contributed by atoms with van der Waals surface area (Å²) in [6.45, 7) is 6.52. The maximum Gasteiger partial charge on any atom is 0.315 e.